The molecule has 1 aromatic rings. The highest BCUT2D eigenvalue weighted by atomic mass is 16.5. The first kappa shape index (κ1) is 14.2. The Bertz CT molecular complexity index is 272. The summed E-state index contributed by atoms with van der Waals surface area (Å²) in [6, 6.07) is 10.1. The Kier molecular flexibility index (Phi) is 7.63. The van der Waals surface area contributed by atoms with Crippen LogP contribution in [0.2, 0.25) is 0 Å². The average molecular weight is 238 g/mol. The van der Waals surface area contributed by atoms with E-state index in [9.17, 15) is 0 Å². The van der Waals surface area contributed by atoms with Crippen LogP contribution in [0.25, 0.3) is 0 Å². The summed E-state index contributed by atoms with van der Waals surface area (Å²) >= 11 is 0. The van der Waals surface area contributed by atoms with Gasteiger partial charge in [0.2, 0.25) is 0 Å². The Hall–Kier alpha value is -0.900. The maximum absolute atomic E-state index is 9.04. The Balaban J connectivity index is 1.88. The van der Waals surface area contributed by atoms with Gasteiger partial charge in [0.05, 0.1) is 25.9 Å². The topological polar surface area (TPSA) is 38.7 Å². The van der Waals surface area contributed by atoms with Crippen LogP contribution in [0.15, 0.2) is 30.3 Å². The monoisotopic (exact) mass is 238 g/mol. The van der Waals surface area contributed by atoms with E-state index in [1.807, 2.05) is 30.3 Å². The van der Waals surface area contributed by atoms with Crippen molar-refractivity contribution < 1.29 is 14.6 Å². The van der Waals surface area contributed by atoms with E-state index in [0.29, 0.717) is 26.4 Å². The second-order valence-electron chi connectivity index (χ2n) is 4.14. The highest BCUT2D eigenvalue weighted by Crippen LogP contribution is 2.00. The van der Waals surface area contributed by atoms with E-state index >= 15 is 0 Å². The molecule has 0 bridgehead atoms. The van der Waals surface area contributed by atoms with Crippen molar-refractivity contribution in [3.63, 3.8) is 0 Å². The highest BCUT2D eigenvalue weighted by Gasteiger charge is 1.96. The van der Waals surface area contributed by atoms with Gasteiger partial charge in [-0.3, -0.25) is 0 Å². The first-order valence-electron chi connectivity index (χ1n) is 6.16. The van der Waals surface area contributed by atoms with Crippen LogP contribution >= 0.6 is 0 Å². The Labute approximate surface area is 103 Å². The zero-order valence-electron chi connectivity index (χ0n) is 10.5. The smallest absolute Gasteiger partial charge is 0.0718 e. The van der Waals surface area contributed by atoms with Crippen LogP contribution in [-0.4, -0.2) is 31.0 Å². The molecule has 17 heavy (non-hydrogen) atoms. The fourth-order valence-corrected chi connectivity index (χ4v) is 1.46. The molecule has 1 rings (SSSR count). The summed E-state index contributed by atoms with van der Waals surface area (Å²) in [6.45, 7) is 4.36. The molecule has 1 unspecified atom stereocenters. The van der Waals surface area contributed by atoms with Gasteiger partial charge in [0.1, 0.15) is 0 Å². The van der Waals surface area contributed by atoms with E-state index in [1.165, 1.54) is 5.56 Å². The summed E-state index contributed by atoms with van der Waals surface area (Å²) in [6.07, 6.45) is 1.47. The third-order valence-corrected chi connectivity index (χ3v) is 2.39. The first-order valence-corrected chi connectivity index (χ1v) is 6.16. The van der Waals surface area contributed by atoms with Crippen molar-refractivity contribution >= 4 is 0 Å². The van der Waals surface area contributed by atoms with Gasteiger partial charge < -0.3 is 14.6 Å². The van der Waals surface area contributed by atoms with Crippen LogP contribution in [0.3, 0.4) is 0 Å². The molecular formula is C14H22O3. The van der Waals surface area contributed by atoms with E-state index in [2.05, 4.69) is 0 Å². The summed E-state index contributed by atoms with van der Waals surface area (Å²) in [5, 5.41) is 9.04. The Morgan fingerprint density at radius 3 is 2.47 bits per heavy atom. The Morgan fingerprint density at radius 2 is 1.76 bits per heavy atom. The molecule has 0 aliphatic rings. The Morgan fingerprint density at radius 1 is 1.06 bits per heavy atom. The third-order valence-electron chi connectivity index (χ3n) is 2.39. The molecule has 0 aliphatic heterocycles. The van der Waals surface area contributed by atoms with Crippen molar-refractivity contribution in [2.24, 2.45) is 0 Å². The largest absolute Gasteiger partial charge is 0.393 e. The molecular weight excluding hydrogens is 216 g/mol. The van der Waals surface area contributed by atoms with E-state index in [-0.39, 0.29) is 6.10 Å². The molecule has 0 spiro atoms. The van der Waals surface area contributed by atoms with E-state index in [4.69, 9.17) is 14.6 Å². The van der Waals surface area contributed by atoms with Crippen molar-refractivity contribution in [1.82, 2.24) is 0 Å². The summed E-state index contributed by atoms with van der Waals surface area (Å²) in [5.74, 6) is 0. The minimum atomic E-state index is -0.229. The van der Waals surface area contributed by atoms with Crippen molar-refractivity contribution in [2.45, 2.75) is 32.5 Å². The molecule has 0 amide bonds. The van der Waals surface area contributed by atoms with Gasteiger partial charge >= 0.3 is 0 Å². The molecule has 96 valence electrons. The van der Waals surface area contributed by atoms with Crippen molar-refractivity contribution in [3.05, 3.63) is 35.9 Å². The standard InChI is InChI=1S/C14H22O3/c1-13(15)6-5-9-16-10-11-17-12-14-7-3-2-4-8-14/h2-4,7-8,13,15H,5-6,9-12H2,1H3. The quantitative estimate of drug-likeness (QED) is 0.671. The average Bonchev–Trinajstić information content (AvgIpc) is 2.33. The van der Waals surface area contributed by atoms with Gasteiger partial charge in [-0.15, -0.1) is 0 Å². The van der Waals surface area contributed by atoms with Gasteiger partial charge in [0.25, 0.3) is 0 Å². The van der Waals surface area contributed by atoms with E-state index < -0.39 is 0 Å². The van der Waals surface area contributed by atoms with Crippen molar-refractivity contribution in [2.75, 3.05) is 19.8 Å². The van der Waals surface area contributed by atoms with Crippen LogP contribution in [0.4, 0.5) is 0 Å². The maximum Gasteiger partial charge on any atom is 0.0718 e. The maximum atomic E-state index is 9.04. The number of rotatable bonds is 9. The number of ether oxygens (including phenoxy) is 2. The van der Waals surface area contributed by atoms with Crippen LogP contribution in [-0.2, 0) is 16.1 Å². The highest BCUT2D eigenvalue weighted by molar-refractivity contribution is 5.13. The van der Waals surface area contributed by atoms with Crippen LogP contribution < -0.4 is 0 Å². The molecule has 0 heterocycles. The molecule has 1 atom stereocenters. The number of hydrogen-bond acceptors (Lipinski definition) is 3. The minimum absolute atomic E-state index is 0.229. The van der Waals surface area contributed by atoms with Crippen molar-refractivity contribution in [3.8, 4) is 0 Å². The predicted octanol–water partition coefficient (Wildman–Crippen LogP) is 2.38. The van der Waals surface area contributed by atoms with E-state index in [0.717, 1.165) is 12.8 Å². The van der Waals surface area contributed by atoms with E-state index in [1.54, 1.807) is 6.92 Å². The van der Waals surface area contributed by atoms with Gasteiger partial charge in [-0.25, -0.2) is 0 Å². The number of benzene rings is 1. The molecule has 0 radical (unpaired) electrons. The second kappa shape index (κ2) is 9.16. The lowest BCUT2D eigenvalue weighted by Crippen LogP contribution is -2.07. The van der Waals surface area contributed by atoms with Crippen LogP contribution in [0, 0.1) is 0 Å². The molecule has 0 saturated carbocycles. The number of aliphatic hydroxyl groups excluding tert-OH is 1. The van der Waals surface area contributed by atoms with Gasteiger partial charge in [-0.1, -0.05) is 30.3 Å². The zero-order valence-corrected chi connectivity index (χ0v) is 10.5. The summed E-state index contributed by atoms with van der Waals surface area (Å²) in [4.78, 5) is 0. The summed E-state index contributed by atoms with van der Waals surface area (Å²) < 4.78 is 10.9. The molecule has 0 aliphatic carbocycles. The number of aliphatic hydroxyl groups is 1. The van der Waals surface area contributed by atoms with Gasteiger partial charge in [0, 0.05) is 6.61 Å². The van der Waals surface area contributed by atoms with Crippen LogP contribution in [0.5, 0.6) is 0 Å². The summed E-state index contributed by atoms with van der Waals surface area (Å²) in [5.41, 5.74) is 1.18. The minimum Gasteiger partial charge on any atom is -0.393 e. The zero-order chi connectivity index (χ0) is 12.3. The molecule has 1 aromatic carbocycles. The first-order chi connectivity index (χ1) is 8.29. The molecule has 3 nitrogen and oxygen atoms in total. The molecule has 1 N–H and O–H groups in total. The van der Waals surface area contributed by atoms with Gasteiger partial charge in [-0.2, -0.15) is 0 Å². The lowest BCUT2D eigenvalue weighted by atomic mass is 10.2. The van der Waals surface area contributed by atoms with Crippen LogP contribution in [0.1, 0.15) is 25.3 Å². The molecule has 0 aromatic heterocycles. The molecule has 3 heteroatoms. The SMILES string of the molecule is CC(O)CCCOCCOCc1ccccc1. The third kappa shape index (κ3) is 7.91. The fraction of sp³-hybridized carbons (Fsp3) is 0.571. The normalized spacial score (nSPS) is 12.6. The second-order valence-corrected chi connectivity index (χ2v) is 4.14. The van der Waals surface area contributed by atoms with Gasteiger partial charge in [-0.05, 0) is 25.3 Å². The summed E-state index contributed by atoms with van der Waals surface area (Å²) in [7, 11) is 0. The lowest BCUT2D eigenvalue weighted by Gasteiger charge is -2.06. The lowest BCUT2D eigenvalue weighted by molar-refractivity contribution is 0.0364. The predicted molar refractivity (Wildman–Crippen MR) is 67.8 cm³/mol. The number of hydrogen-bond donors (Lipinski definition) is 1. The van der Waals surface area contributed by atoms with Gasteiger partial charge in [0.15, 0.2) is 0 Å². The molecule has 0 saturated heterocycles. The molecule has 0 fully saturated rings. The van der Waals surface area contributed by atoms with Crippen molar-refractivity contribution in [1.29, 1.82) is 0 Å². The fourth-order valence-electron chi connectivity index (χ4n) is 1.46.